The lowest BCUT2D eigenvalue weighted by Gasteiger charge is -2.26. The molecule has 0 radical (unpaired) electrons. The predicted molar refractivity (Wildman–Crippen MR) is 87.2 cm³/mol. The lowest BCUT2D eigenvalue weighted by Crippen LogP contribution is -2.44. The van der Waals surface area contributed by atoms with Crippen LogP contribution in [-0.4, -0.2) is 68.5 Å². The molecule has 1 atom stereocenters. The third-order valence-corrected chi connectivity index (χ3v) is 4.02. The maximum atomic E-state index is 12.3. The summed E-state index contributed by atoms with van der Waals surface area (Å²) in [5.74, 6) is -0.255. The quantitative estimate of drug-likeness (QED) is 0.734. The van der Waals surface area contributed by atoms with Crippen LogP contribution in [0.3, 0.4) is 0 Å². The molecule has 3 rings (SSSR count). The van der Waals surface area contributed by atoms with Crippen molar-refractivity contribution in [2.45, 2.75) is 19.5 Å². The SMILES string of the molecule is CC(NC(=O)c1cn(CCN2CCNCC2)nn1)c1ccncn1. The molecule has 1 unspecified atom stereocenters. The zero-order valence-electron chi connectivity index (χ0n) is 13.7. The van der Waals surface area contributed by atoms with Crippen molar-refractivity contribution in [2.24, 2.45) is 0 Å². The van der Waals surface area contributed by atoms with Crippen molar-refractivity contribution in [3.63, 3.8) is 0 Å². The molecule has 0 aromatic carbocycles. The Morgan fingerprint density at radius 1 is 1.38 bits per heavy atom. The maximum Gasteiger partial charge on any atom is 0.273 e. The van der Waals surface area contributed by atoms with E-state index < -0.39 is 0 Å². The molecule has 3 heterocycles. The van der Waals surface area contributed by atoms with Crippen molar-refractivity contribution < 1.29 is 4.79 Å². The molecular weight excluding hydrogens is 308 g/mol. The van der Waals surface area contributed by atoms with Gasteiger partial charge in [-0.2, -0.15) is 0 Å². The summed E-state index contributed by atoms with van der Waals surface area (Å²) in [6.07, 6.45) is 4.80. The molecule has 9 heteroatoms. The van der Waals surface area contributed by atoms with E-state index in [1.165, 1.54) is 6.33 Å². The Balaban J connectivity index is 1.51. The largest absolute Gasteiger partial charge is 0.342 e. The van der Waals surface area contributed by atoms with Crippen molar-refractivity contribution in [3.05, 3.63) is 36.2 Å². The monoisotopic (exact) mass is 330 g/mol. The van der Waals surface area contributed by atoms with Gasteiger partial charge in [0.2, 0.25) is 0 Å². The molecule has 1 amide bonds. The van der Waals surface area contributed by atoms with Crippen molar-refractivity contribution in [3.8, 4) is 0 Å². The van der Waals surface area contributed by atoms with E-state index in [2.05, 4.69) is 35.8 Å². The van der Waals surface area contributed by atoms with Gasteiger partial charge < -0.3 is 10.6 Å². The van der Waals surface area contributed by atoms with Crippen LogP contribution < -0.4 is 10.6 Å². The van der Waals surface area contributed by atoms with E-state index in [0.717, 1.165) is 45.0 Å². The number of nitrogens with zero attached hydrogens (tertiary/aromatic N) is 6. The molecule has 0 aliphatic carbocycles. The first-order chi connectivity index (χ1) is 11.7. The molecule has 0 spiro atoms. The van der Waals surface area contributed by atoms with Gasteiger partial charge in [0.25, 0.3) is 5.91 Å². The fourth-order valence-corrected chi connectivity index (χ4v) is 2.59. The minimum absolute atomic E-state index is 0.216. The van der Waals surface area contributed by atoms with Gasteiger partial charge in [-0.25, -0.2) is 9.97 Å². The van der Waals surface area contributed by atoms with Crippen LogP contribution in [0.2, 0.25) is 0 Å². The van der Waals surface area contributed by atoms with Gasteiger partial charge in [-0.1, -0.05) is 5.21 Å². The molecule has 1 saturated heterocycles. The Bertz CT molecular complexity index is 653. The topological polar surface area (TPSA) is 101 Å². The molecule has 1 fully saturated rings. The Kier molecular flexibility index (Phi) is 5.44. The number of rotatable bonds is 6. The van der Waals surface area contributed by atoms with E-state index in [0.29, 0.717) is 5.69 Å². The van der Waals surface area contributed by atoms with Crippen LogP contribution in [0.1, 0.15) is 29.1 Å². The van der Waals surface area contributed by atoms with Crippen molar-refractivity contribution in [1.82, 2.24) is 40.5 Å². The first-order valence-electron chi connectivity index (χ1n) is 8.12. The van der Waals surface area contributed by atoms with Gasteiger partial charge in [-0.15, -0.1) is 5.10 Å². The normalized spacial score (nSPS) is 16.7. The number of piperazine rings is 1. The van der Waals surface area contributed by atoms with E-state index >= 15 is 0 Å². The molecule has 2 aromatic rings. The fraction of sp³-hybridized carbons (Fsp3) is 0.533. The summed E-state index contributed by atoms with van der Waals surface area (Å²) in [6.45, 7) is 7.62. The van der Waals surface area contributed by atoms with Gasteiger partial charge in [0, 0.05) is 38.9 Å². The minimum Gasteiger partial charge on any atom is -0.342 e. The summed E-state index contributed by atoms with van der Waals surface area (Å²) in [7, 11) is 0. The van der Waals surface area contributed by atoms with Gasteiger partial charge in [0.05, 0.1) is 24.5 Å². The van der Waals surface area contributed by atoms with Gasteiger partial charge >= 0.3 is 0 Å². The number of carbonyl (C=O) groups excluding carboxylic acids is 1. The number of aromatic nitrogens is 5. The number of hydrogen-bond donors (Lipinski definition) is 2. The van der Waals surface area contributed by atoms with Crippen LogP contribution in [0, 0.1) is 0 Å². The lowest BCUT2D eigenvalue weighted by atomic mass is 10.2. The summed E-state index contributed by atoms with van der Waals surface area (Å²) in [4.78, 5) is 22.6. The second kappa shape index (κ2) is 7.93. The Labute approximate surface area is 140 Å². The highest BCUT2D eigenvalue weighted by Gasteiger charge is 2.16. The maximum absolute atomic E-state index is 12.3. The van der Waals surface area contributed by atoms with E-state index in [1.807, 2.05) is 6.92 Å². The Morgan fingerprint density at radius 3 is 2.96 bits per heavy atom. The van der Waals surface area contributed by atoms with Gasteiger partial charge in [-0.3, -0.25) is 14.4 Å². The number of nitrogens with one attached hydrogen (secondary N) is 2. The van der Waals surface area contributed by atoms with Gasteiger partial charge in [0.15, 0.2) is 5.69 Å². The van der Waals surface area contributed by atoms with Crippen molar-refractivity contribution >= 4 is 5.91 Å². The lowest BCUT2D eigenvalue weighted by molar-refractivity contribution is 0.0934. The highest BCUT2D eigenvalue weighted by Crippen LogP contribution is 2.08. The smallest absolute Gasteiger partial charge is 0.273 e. The standard InChI is InChI=1S/C15H22N8O/c1-12(13-2-3-17-11-18-13)19-15(24)14-10-23(21-20-14)9-8-22-6-4-16-5-7-22/h2-3,10-12,16H,4-9H2,1H3,(H,19,24). The summed E-state index contributed by atoms with van der Waals surface area (Å²) in [5, 5.41) is 14.2. The van der Waals surface area contributed by atoms with E-state index in [9.17, 15) is 4.79 Å². The number of amides is 1. The van der Waals surface area contributed by atoms with Crippen LogP contribution in [0.4, 0.5) is 0 Å². The highest BCUT2D eigenvalue weighted by atomic mass is 16.2. The summed E-state index contributed by atoms with van der Waals surface area (Å²) in [6, 6.07) is 1.56. The van der Waals surface area contributed by atoms with Gasteiger partial charge in [-0.05, 0) is 13.0 Å². The molecule has 1 aliphatic heterocycles. The highest BCUT2D eigenvalue weighted by molar-refractivity contribution is 5.92. The Morgan fingerprint density at radius 2 is 2.21 bits per heavy atom. The van der Waals surface area contributed by atoms with Crippen molar-refractivity contribution in [1.29, 1.82) is 0 Å². The predicted octanol–water partition coefficient (Wildman–Crippen LogP) is -0.536. The third kappa shape index (κ3) is 4.33. The number of carbonyl (C=O) groups is 1. The summed E-state index contributed by atoms with van der Waals surface area (Å²) < 4.78 is 1.71. The average molecular weight is 330 g/mol. The van der Waals surface area contributed by atoms with E-state index in [-0.39, 0.29) is 11.9 Å². The van der Waals surface area contributed by atoms with E-state index in [4.69, 9.17) is 0 Å². The van der Waals surface area contributed by atoms with Crippen LogP contribution >= 0.6 is 0 Å². The van der Waals surface area contributed by atoms with Crippen molar-refractivity contribution in [2.75, 3.05) is 32.7 Å². The second-order valence-electron chi connectivity index (χ2n) is 5.79. The summed E-state index contributed by atoms with van der Waals surface area (Å²) in [5.41, 5.74) is 1.07. The zero-order chi connectivity index (χ0) is 16.8. The molecular formula is C15H22N8O. The summed E-state index contributed by atoms with van der Waals surface area (Å²) >= 11 is 0. The molecule has 128 valence electrons. The van der Waals surface area contributed by atoms with Crippen LogP contribution in [-0.2, 0) is 6.54 Å². The average Bonchev–Trinajstić information content (AvgIpc) is 3.11. The van der Waals surface area contributed by atoms with Gasteiger partial charge in [0.1, 0.15) is 6.33 Å². The first kappa shape index (κ1) is 16.5. The second-order valence-corrected chi connectivity index (χ2v) is 5.79. The first-order valence-corrected chi connectivity index (χ1v) is 8.12. The molecule has 9 nitrogen and oxygen atoms in total. The molecule has 0 bridgehead atoms. The van der Waals surface area contributed by atoms with Crippen LogP contribution in [0.5, 0.6) is 0 Å². The number of hydrogen-bond acceptors (Lipinski definition) is 7. The molecule has 2 aromatic heterocycles. The fourth-order valence-electron chi connectivity index (χ4n) is 2.59. The third-order valence-electron chi connectivity index (χ3n) is 4.02. The zero-order valence-corrected chi connectivity index (χ0v) is 13.7. The molecule has 1 aliphatic rings. The molecule has 24 heavy (non-hydrogen) atoms. The van der Waals surface area contributed by atoms with Crippen LogP contribution in [0.15, 0.2) is 24.8 Å². The molecule has 2 N–H and O–H groups in total. The van der Waals surface area contributed by atoms with E-state index in [1.54, 1.807) is 23.1 Å². The Hall–Kier alpha value is -2.39. The molecule has 0 saturated carbocycles. The van der Waals surface area contributed by atoms with Crippen LogP contribution in [0.25, 0.3) is 0 Å². The minimum atomic E-state index is -0.255.